The first-order valence-electron chi connectivity index (χ1n) is 9.23. The third kappa shape index (κ3) is 3.41. The molecule has 0 aliphatic carbocycles. The number of aromatic nitrogens is 1. The number of piperazine rings is 1. The summed E-state index contributed by atoms with van der Waals surface area (Å²) >= 11 is 1.80. The Morgan fingerprint density at radius 2 is 2.12 bits per heavy atom. The fourth-order valence-electron chi connectivity index (χ4n) is 3.80. The average Bonchev–Trinajstić information content (AvgIpc) is 2.93. The predicted octanol–water partition coefficient (Wildman–Crippen LogP) is 3.09. The smallest absolute Gasteiger partial charge is 0.156 e. The van der Waals surface area contributed by atoms with E-state index in [1.54, 1.807) is 18.4 Å². The minimum absolute atomic E-state index is 0.480. The highest BCUT2D eigenvalue weighted by atomic mass is 32.1. The molecule has 0 spiro atoms. The van der Waals surface area contributed by atoms with Crippen LogP contribution in [0.1, 0.15) is 27.6 Å². The number of hydrogen-bond donors (Lipinski definition) is 0. The van der Waals surface area contributed by atoms with Gasteiger partial charge < -0.3 is 9.64 Å². The van der Waals surface area contributed by atoms with Gasteiger partial charge >= 0.3 is 0 Å². The molecular weight excluding hydrogens is 344 g/mol. The van der Waals surface area contributed by atoms with E-state index in [-0.39, 0.29) is 0 Å². The van der Waals surface area contributed by atoms with Crippen LogP contribution in [-0.4, -0.2) is 67.1 Å². The Hall–Kier alpha value is -1.76. The molecule has 0 N–H and O–H groups in total. The van der Waals surface area contributed by atoms with Gasteiger partial charge in [0.25, 0.3) is 0 Å². The summed E-state index contributed by atoms with van der Waals surface area (Å²) in [6, 6.07) is 8.96. The second-order valence-electron chi connectivity index (χ2n) is 7.11. The summed E-state index contributed by atoms with van der Waals surface area (Å²) in [5, 5.41) is 1.12. The minimum Gasteiger partial charge on any atom is -0.385 e. The molecule has 2 aliphatic heterocycles. The molecule has 138 valence electrons. The van der Waals surface area contributed by atoms with Gasteiger partial charge in [-0.3, -0.25) is 4.90 Å². The molecule has 0 radical (unpaired) electrons. The summed E-state index contributed by atoms with van der Waals surface area (Å²) < 4.78 is 5.31. The van der Waals surface area contributed by atoms with E-state index in [9.17, 15) is 0 Å². The predicted molar refractivity (Wildman–Crippen MR) is 107 cm³/mol. The van der Waals surface area contributed by atoms with Crippen LogP contribution >= 0.6 is 11.3 Å². The van der Waals surface area contributed by atoms with Crippen molar-refractivity contribution < 1.29 is 4.74 Å². The number of thiazole rings is 1. The van der Waals surface area contributed by atoms with E-state index in [1.807, 2.05) is 0 Å². The van der Waals surface area contributed by atoms with Gasteiger partial charge in [0.1, 0.15) is 5.69 Å². The average molecular weight is 371 g/mol. The zero-order chi connectivity index (χ0) is 18.1. The number of methoxy groups -OCH3 is 1. The largest absolute Gasteiger partial charge is 0.385 e. The maximum atomic E-state index is 5.31. The van der Waals surface area contributed by atoms with E-state index < -0.39 is 0 Å². The van der Waals surface area contributed by atoms with Crippen LogP contribution in [0.25, 0.3) is 0 Å². The molecule has 0 unspecified atom stereocenters. The van der Waals surface area contributed by atoms with Gasteiger partial charge in [-0.1, -0.05) is 18.2 Å². The van der Waals surface area contributed by atoms with Gasteiger partial charge in [-0.2, -0.15) is 0 Å². The number of hydrogen-bond acceptors (Lipinski definition) is 6. The van der Waals surface area contributed by atoms with Crippen molar-refractivity contribution in [1.82, 2.24) is 14.8 Å². The Balaban J connectivity index is 1.70. The Morgan fingerprint density at radius 3 is 2.96 bits per heavy atom. The van der Waals surface area contributed by atoms with Crippen molar-refractivity contribution >= 4 is 22.9 Å². The van der Waals surface area contributed by atoms with Crippen molar-refractivity contribution in [1.29, 1.82) is 0 Å². The lowest BCUT2D eigenvalue weighted by Crippen LogP contribution is -2.53. The van der Waals surface area contributed by atoms with Gasteiger partial charge in [0.2, 0.25) is 0 Å². The first-order chi connectivity index (χ1) is 12.7. The molecule has 1 aromatic carbocycles. The van der Waals surface area contributed by atoms with Crippen molar-refractivity contribution in [3.63, 3.8) is 0 Å². The van der Waals surface area contributed by atoms with Gasteiger partial charge in [0.15, 0.2) is 5.84 Å². The van der Waals surface area contributed by atoms with Crippen molar-refractivity contribution in [2.24, 2.45) is 4.99 Å². The summed E-state index contributed by atoms with van der Waals surface area (Å²) in [5.74, 6) is 1.05. The number of aryl methyl sites for hydroxylation is 1. The third-order valence-corrected chi connectivity index (χ3v) is 6.29. The SMILES string of the molecule is COCC[C@H]1CN(C2=Nc3ccccc3Cc3sc(C)nc32)CCN1C. The van der Waals surface area contributed by atoms with Gasteiger partial charge in [-0.25, -0.2) is 9.98 Å². The summed E-state index contributed by atoms with van der Waals surface area (Å²) in [6.45, 7) is 5.87. The maximum absolute atomic E-state index is 5.31. The van der Waals surface area contributed by atoms with Crippen LogP contribution in [0.15, 0.2) is 29.3 Å². The van der Waals surface area contributed by atoms with Crippen LogP contribution in [0.5, 0.6) is 0 Å². The van der Waals surface area contributed by atoms with E-state index >= 15 is 0 Å². The van der Waals surface area contributed by atoms with Gasteiger partial charge in [0, 0.05) is 50.7 Å². The molecule has 1 atom stereocenters. The van der Waals surface area contributed by atoms with Crippen molar-refractivity contribution in [3.05, 3.63) is 45.4 Å². The molecule has 6 heteroatoms. The van der Waals surface area contributed by atoms with Crippen LogP contribution in [0, 0.1) is 6.92 Å². The lowest BCUT2D eigenvalue weighted by Gasteiger charge is -2.40. The zero-order valence-corrected chi connectivity index (χ0v) is 16.6. The molecule has 4 rings (SSSR count). The normalized spacial score (nSPS) is 20.3. The van der Waals surface area contributed by atoms with Crippen molar-refractivity contribution in [3.8, 4) is 0 Å². The number of nitrogens with zero attached hydrogens (tertiary/aromatic N) is 4. The van der Waals surface area contributed by atoms with Crippen LogP contribution in [0.3, 0.4) is 0 Å². The molecule has 1 fully saturated rings. The molecule has 2 aliphatic rings. The Kier molecular flexibility index (Phi) is 5.07. The Morgan fingerprint density at radius 1 is 1.27 bits per heavy atom. The fraction of sp³-hybridized carbons (Fsp3) is 0.500. The van der Waals surface area contributed by atoms with Crippen LogP contribution < -0.4 is 0 Å². The van der Waals surface area contributed by atoms with Crippen molar-refractivity contribution in [2.45, 2.75) is 25.8 Å². The van der Waals surface area contributed by atoms with Crippen LogP contribution in [-0.2, 0) is 11.2 Å². The third-order valence-electron chi connectivity index (χ3n) is 5.32. The van der Waals surface area contributed by atoms with Gasteiger partial charge in [-0.15, -0.1) is 11.3 Å². The fourth-order valence-corrected chi connectivity index (χ4v) is 4.75. The quantitative estimate of drug-likeness (QED) is 0.833. The molecule has 0 amide bonds. The van der Waals surface area contributed by atoms with E-state index in [1.165, 1.54) is 10.4 Å². The zero-order valence-electron chi connectivity index (χ0n) is 15.7. The highest BCUT2D eigenvalue weighted by Gasteiger charge is 2.30. The number of ether oxygens (including phenoxy) is 1. The number of likely N-dealkylation sites (N-methyl/N-ethyl adjacent to an activating group) is 1. The van der Waals surface area contributed by atoms with E-state index in [0.29, 0.717) is 6.04 Å². The minimum atomic E-state index is 0.480. The molecule has 1 aromatic heterocycles. The van der Waals surface area contributed by atoms with E-state index in [2.05, 4.69) is 48.0 Å². The Labute approximate surface area is 159 Å². The molecule has 1 saturated heterocycles. The maximum Gasteiger partial charge on any atom is 0.156 e. The molecular formula is C20H26N4OS. The molecule has 0 bridgehead atoms. The number of fused-ring (bicyclic) bond motifs is 2. The number of aliphatic imine (C=N–C) groups is 1. The lowest BCUT2D eigenvalue weighted by atomic mass is 10.1. The second kappa shape index (κ2) is 7.47. The summed E-state index contributed by atoms with van der Waals surface area (Å²) in [5.41, 5.74) is 3.45. The highest BCUT2D eigenvalue weighted by Crippen LogP contribution is 2.32. The molecule has 2 aromatic rings. The molecule has 5 nitrogen and oxygen atoms in total. The van der Waals surface area contributed by atoms with Crippen LogP contribution in [0.4, 0.5) is 5.69 Å². The van der Waals surface area contributed by atoms with Crippen LogP contribution in [0.2, 0.25) is 0 Å². The number of rotatable bonds is 3. The van der Waals surface area contributed by atoms with Gasteiger partial charge in [-0.05, 0) is 32.0 Å². The lowest BCUT2D eigenvalue weighted by molar-refractivity contribution is 0.100. The second-order valence-corrected chi connectivity index (χ2v) is 8.40. The molecule has 3 heterocycles. The standard InChI is InChI=1S/C20H26N4OS/c1-14-21-19-18(26-14)12-15-6-4-5-7-17(15)22-20(19)24-10-9-23(2)16(13-24)8-11-25-3/h4-7,16H,8-13H2,1-3H3/t16-/m0/s1. The monoisotopic (exact) mass is 370 g/mol. The number of amidine groups is 1. The number of para-hydroxylation sites is 1. The van der Waals surface area contributed by atoms with Crippen molar-refractivity contribution in [2.75, 3.05) is 40.4 Å². The number of benzene rings is 1. The topological polar surface area (TPSA) is 41.0 Å². The summed E-state index contributed by atoms with van der Waals surface area (Å²) in [4.78, 5) is 16.2. The first-order valence-corrected chi connectivity index (χ1v) is 10.0. The first kappa shape index (κ1) is 17.6. The van der Waals surface area contributed by atoms with E-state index in [4.69, 9.17) is 14.7 Å². The molecule has 26 heavy (non-hydrogen) atoms. The summed E-state index contributed by atoms with van der Waals surface area (Å²) in [7, 11) is 3.98. The van der Waals surface area contributed by atoms with E-state index in [0.717, 1.165) is 61.3 Å². The van der Waals surface area contributed by atoms with Gasteiger partial charge in [0.05, 0.1) is 10.7 Å². The highest BCUT2D eigenvalue weighted by molar-refractivity contribution is 7.11. The molecule has 0 saturated carbocycles. The Bertz CT molecular complexity index is 816. The summed E-state index contributed by atoms with van der Waals surface area (Å²) in [6.07, 6.45) is 1.96.